The van der Waals surface area contributed by atoms with Gasteiger partial charge in [0.05, 0.1) is 4.91 Å². The molecule has 8 heteroatoms. The Hall–Kier alpha value is -1.77. The van der Waals surface area contributed by atoms with Gasteiger partial charge in [-0.2, -0.15) is 4.99 Å². The molecule has 0 radical (unpaired) electrons. The number of amides is 1. The standard InChI is InChI=1S/C16H13BrN4OS2/c1-3-7-21-14(22)13(9-11-5-4-6-12(17)8-11)24-16(21)18-15-20-19-10(2)23-15/h3-6,8-9H,1,7H2,2H3/b13-9-,18-16+. The van der Waals surface area contributed by atoms with Crippen LogP contribution in [0, 0.1) is 6.92 Å². The molecule has 1 fully saturated rings. The molecule has 5 nitrogen and oxygen atoms in total. The molecule has 24 heavy (non-hydrogen) atoms. The summed E-state index contributed by atoms with van der Waals surface area (Å²) in [6.07, 6.45) is 3.54. The molecule has 3 rings (SSSR count). The van der Waals surface area contributed by atoms with Gasteiger partial charge in [-0.05, 0) is 42.5 Å². The normalized spacial score (nSPS) is 17.9. The van der Waals surface area contributed by atoms with E-state index in [1.807, 2.05) is 37.3 Å². The molecule has 0 unspecified atom stereocenters. The maximum absolute atomic E-state index is 12.7. The predicted molar refractivity (Wildman–Crippen MR) is 103 cm³/mol. The Morgan fingerprint density at radius 1 is 1.42 bits per heavy atom. The van der Waals surface area contributed by atoms with E-state index in [1.165, 1.54) is 23.1 Å². The molecule has 2 aromatic rings. The molecular weight excluding hydrogens is 408 g/mol. The second kappa shape index (κ2) is 7.42. The number of carbonyl (C=O) groups is 1. The highest BCUT2D eigenvalue weighted by atomic mass is 79.9. The number of aliphatic imine (C=N–C) groups is 1. The highest BCUT2D eigenvalue weighted by molar-refractivity contribution is 9.10. The molecule has 0 bridgehead atoms. The molecule has 1 saturated heterocycles. The third-order valence-corrected chi connectivity index (χ3v) is 5.29. The fourth-order valence-corrected chi connectivity index (χ4v) is 4.07. The van der Waals surface area contributed by atoms with Crippen LogP contribution in [0.5, 0.6) is 0 Å². The number of thioether (sulfide) groups is 1. The minimum Gasteiger partial charge on any atom is -0.282 e. The van der Waals surface area contributed by atoms with Gasteiger partial charge in [-0.1, -0.05) is 45.5 Å². The number of hydrogen-bond donors (Lipinski definition) is 0. The van der Waals surface area contributed by atoms with Crippen molar-refractivity contribution in [2.24, 2.45) is 4.99 Å². The first kappa shape index (κ1) is 17.1. The Morgan fingerprint density at radius 2 is 2.25 bits per heavy atom. The topological polar surface area (TPSA) is 58.5 Å². The van der Waals surface area contributed by atoms with Crippen LogP contribution in [0.25, 0.3) is 6.08 Å². The SMILES string of the molecule is C=CCN1C(=O)/C(=C/c2cccc(Br)c2)S/C1=N/c1nnc(C)s1. The summed E-state index contributed by atoms with van der Waals surface area (Å²) in [5, 5.41) is 9.93. The van der Waals surface area contributed by atoms with Crippen LogP contribution in [0.15, 0.2) is 51.3 Å². The number of rotatable bonds is 4. The molecule has 1 aliphatic heterocycles. The van der Waals surface area contributed by atoms with Crippen molar-refractivity contribution in [1.29, 1.82) is 0 Å². The molecule has 1 aromatic heterocycles. The average molecular weight is 421 g/mol. The van der Waals surface area contributed by atoms with Crippen LogP contribution in [0.2, 0.25) is 0 Å². The van der Waals surface area contributed by atoms with Crippen LogP contribution in [-0.2, 0) is 4.79 Å². The molecule has 1 aliphatic rings. The van der Waals surface area contributed by atoms with Gasteiger partial charge in [0.25, 0.3) is 5.91 Å². The molecule has 1 aromatic carbocycles. The number of carbonyl (C=O) groups excluding carboxylic acids is 1. The van der Waals surface area contributed by atoms with Gasteiger partial charge in [-0.3, -0.25) is 9.69 Å². The van der Waals surface area contributed by atoms with Gasteiger partial charge >= 0.3 is 0 Å². The quantitative estimate of drug-likeness (QED) is 0.543. The van der Waals surface area contributed by atoms with Crippen LogP contribution in [0.1, 0.15) is 10.6 Å². The minimum atomic E-state index is -0.0835. The molecule has 0 N–H and O–H groups in total. The lowest BCUT2D eigenvalue weighted by atomic mass is 10.2. The van der Waals surface area contributed by atoms with E-state index in [2.05, 4.69) is 37.7 Å². The maximum atomic E-state index is 12.7. The van der Waals surface area contributed by atoms with Crippen molar-refractivity contribution in [3.63, 3.8) is 0 Å². The smallest absolute Gasteiger partial charge is 0.267 e. The van der Waals surface area contributed by atoms with Gasteiger partial charge in [0.15, 0.2) is 5.17 Å². The minimum absolute atomic E-state index is 0.0835. The number of aromatic nitrogens is 2. The lowest BCUT2D eigenvalue weighted by molar-refractivity contribution is -0.121. The van der Waals surface area contributed by atoms with Crippen LogP contribution in [0.3, 0.4) is 0 Å². The zero-order valence-corrected chi connectivity index (χ0v) is 16.0. The van der Waals surface area contributed by atoms with Crippen LogP contribution in [-0.4, -0.2) is 32.7 Å². The van der Waals surface area contributed by atoms with Crippen LogP contribution in [0.4, 0.5) is 5.13 Å². The lowest BCUT2D eigenvalue weighted by Gasteiger charge is -2.11. The maximum Gasteiger partial charge on any atom is 0.267 e. The summed E-state index contributed by atoms with van der Waals surface area (Å²) in [7, 11) is 0. The van der Waals surface area contributed by atoms with Crippen molar-refractivity contribution in [2.45, 2.75) is 6.92 Å². The molecule has 0 aliphatic carbocycles. The lowest BCUT2D eigenvalue weighted by Crippen LogP contribution is -2.29. The molecular formula is C16H13BrN4OS2. The highest BCUT2D eigenvalue weighted by Gasteiger charge is 2.32. The summed E-state index contributed by atoms with van der Waals surface area (Å²) < 4.78 is 0.966. The van der Waals surface area contributed by atoms with E-state index in [0.717, 1.165) is 15.0 Å². The Bertz CT molecular complexity index is 859. The van der Waals surface area contributed by atoms with Crippen molar-refractivity contribution in [3.05, 3.63) is 56.9 Å². The Kier molecular flexibility index (Phi) is 5.27. The second-order valence-corrected chi connectivity index (χ2v) is 7.95. The van der Waals surface area contributed by atoms with Gasteiger partial charge in [0.1, 0.15) is 5.01 Å². The number of hydrogen-bond acceptors (Lipinski definition) is 6. The summed E-state index contributed by atoms with van der Waals surface area (Å²) in [6, 6.07) is 7.79. The fourth-order valence-electron chi connectivity index (χ4n) is 2.04. The molecule has 1 amide bonds. The summed E-state index contributed by atoms with van der Waals surface area (Å²) in [6.45, 7) is 5.99. The van der Waals surface area contributed by atoms with Crippen LogP contribution >= 0.6 is 39.0 Å². The summed E-state index contributed by atoms with van der Waals surface area (Å²) in [4.78, 5) is 19.3. The van der Waals surface area contributed by atoms with Crippen molar-refractivity contribution in [3.8, 4) is 0 Å². The number of benzene rings is 1. The van der Waals surface area contributed by atoms with E-state index in [9.17, 15) is 4.79 Å². The van der Waals surface area contributed by atoms with Gasteiger partial charge in [-0.15, -0.1) is 16.8 Å². The zero-order valence-electron chi connectivity index (χ0n) is 12.8. The van der Waals surface area contributed by atoms with E-state index in [4.69, 9.17) is 0 Å². The van der Waals surface area contributed by atoms with E-state index < -0.39 is 0 Å². The summed E-state index contributed by atoms with van der Waals surface area (Å²) >= 11 is 6.17. The first-order chi connectivity index (χ1) is 11.6. The molecule has 2 heterocycles. The molecule has 0 saturated carbocycles. The number of halogens is 1. The van der Waals surface area contributed by atoms with Gasteiger partial charge in [0, 0.05) is 11.0 Å². The average Bonchev–Trinajstić information content (AvgIpc) is 3.07. The Labute approximate surface area is 156 Å². The third-order valence-electron chi connectivity index (χ3n) is 3.05. The number of nitrogens with zero attached hydrogens (tertiary/aromatic N) is 4. The first-order valence-corrected chi connectivity index (χ1v) is 9.46. The van der Waals surface area contributed by atoms with Crippen LogP contribution < -0.4 is 0 Å². The highest BCUT2D eigenvalue weighted by Crippen LogP contribution is 2.34. The largest absolute Gasteiger partial charge is 0.282 e. The number of amidine groups is 1. The van der Waals surface area contributed by atoms with Crippen molar-refractivity contribution in [1.82, 2.24) is 15.1 Å². The van der Waals surface area contributed by atoms with E-state index in [0.29, 0.717) is 21.7 Å². The van der Waals surface area contributed by atoms with Gasteiger partial charge in [0.2, 0.25) is 5.13 Å². The molecule has 0 spiro atoms. The second-order valence-electron chi connectivity index (χ2n) is 4.87. The Morgan fingerprint density at radius 3 is 2.92 bits per heavy atom. The molecule has 122 valence electrons. The zero-order chi connectivity index (χ0) is 17.1. The van der Waals surface area contributed by atoms with Crippen molar-refractivity contribution < 1.29 is 4.79 Å². The van der Waals surface area contributed by atoms with Crippen molar-refractivity contribution in [2.75, 3.05) is 6.54 Å². The molecule has 0 atom stereocenters. The number of aryl methyl sites for hydroxylation is 1. The predicted octanol–water partition coefficient (Wildman–Crippen LogP) is 4.40. The van der Waals surface area contributed by atoms with Crippen molar-refractivity contribution >= 4 is 61.3 Å². The first-order valence-electron chi connectivity index (χ1n) is 7.03. The van der Waals surface area contributed by atoms with Gasteiger partial charge in [-0.25, -0.2) is 0 Å². The summed E-state index contributed by atoms with van der Waals surface area (Å²) in [5.41, 5.74) is 0.951. The fraction of sp³-hybridized carbons (Fsp3) is 0.125. The van der Waals surface area contributed by atoms with E-state index in [1.54, 1.807) is 11.0 Å². The monoisotopic (exact) mass is 420 g/mol. The summed E-state index contributed by atoms with van der Waals surface area (Å²) in [5.74, 6) is -0.0835. The van der Waals surface area contributed by atoms with E-state index >= 15 is 0 Å². The Balaban J connectivity index is 1.95. The van der Waals surface area contributed by atoms with Gasteiger partial charge < -0.3 is 0 Å². The third kappa shape index (κ3) is 3.82. The van der Waals surface area contributed by atoms with E-state index in [-0.39, 0.29) is 5.91 Å².